The maximum Gasteiger partial charge on any atom is 0.327 e. The zero-order valence-corrected chi connectivity index (χ0v) is 14.7. The number of pyridine rings is 1. The number of anilines is 1. The first-order chi connectivity index (χ1) is 13.3. The molecule has 4 N–H and O–H groups in total. The van der Waals surface area contributed by atoms with E-state index in [1.807, 2.05) is 5.32 Å². The number of fused-ring (bicyclic) bond motifs is 1. The van der Waals surface area contributed by atoms with E-state index in [-0.39, 0.29) is 18.5 Å². The summed E-state index contributed by atoms with van der Waals surface area (Å²) in [6.45, 7) is 1.03. The molecule has 1 aliphatic heterocycles. The third-order valence-corrected chi connectivity index (χ3v) is 2.96. The van der Waals surface area contributed by atoms with Gasteiger partial charge in [-0.25, -0.2) is 14.2 Å². The third-order valence-electron chi connectivity index (χ3n) is 2.96. The maximum absolute atomic E-state index is 13.3. The van der Waals surface area contributed by atoms with Crippen molar-refractivity contribution in [2.24, 2.45) is 5.73 Å². The van der Waals surface area contributed by atoms with Crippen LogP contribution in [0.3, 0.4) is 0 Å². The zero-order chi connectivity index (χ0) is 20.5. The van der Waals surface area contributed by atoms with Crippen molar-refractivity contribution >= 4 is 23.7 Å². The third kappa shape index (κ3) is 6.44. The smallest absolute Gasteiger partial charge is 0.327 e. The second-order valence-corrected chi connectivity index (χ2v) is 5.25. The fourth-order valence-electron chi connectivity index (χ4n) is 1.89. The molecule has 0 spiro atoms. The van der Waals surface area contributed by atoms with Crippen molar-refractivity contribution in [1.29, 1.82) is 0 Å². The highest BCUT2D eigenvalue weighted by atomic mass is 19.1. The lowest BCUT2D eigenvalue weighted by atomic mass is 10.3. The Hall–Kier alpha value is -3.89. The Morgan fingerprint density at radius 1 is 1.25 bits per heavy atom. The minimum absolute atomic E-state index is 0.128. The van der Waals surface area contributed by atoms with Crippen LogP contribution in [-0.4, -0.2) is 36.2 Å². The number of urea groups is 1. The van der Waals surface area contributed by atoms with Gasteiger partial charge < -0.3 is 19.9 Å². The Balaban J connectivity index is 0.000000640. The predicted molar refractivity (Wildman–Crippen MR) is 94.3 cm³/mol. The fraction of sp³-hybridized carbons (Fsp3) is 0.176. The number of imide groups is 1. The van der Waals surface area contributed by atoms with Gasteiger partial charge >= 0.3 is 6.03 Å². The van der Waals surface area contributed by atoms with Crippen molar-refractivity contribution in [3.63, 3.8) is 0 Å². The number of carbonyl (C=O) groups is 3. The van der Waals surface area contributed by atoms with Crippen LogP contribution in [0.25, 0.3) is 0 Å². The van der Waals surface area contributed by atoms with Crippen LogP contribution in [0.5, 0.6) is 17.2 Å². The molecule has 11 heteroatoms. The highest BCUT2D eigenvalue weighted by Gasteiger charge is 2.15. The number of nitrogens with one attached hydrogen (secondary N) is 2. The first-order valence-electron chi connectivity index (χ1n) is 7.85. The fourth-order valence-corrected chi connectivity index (χ4v) is 1.89. The van der Waals surface area contributed by atoms with Crippen molar-refractivity contribution in [2.45, 2.75) is 6.92 Å². The summed E-state index contributed by atoms with van der Waals surface area (Å²) in [4.78, 5) is 36.1. The quantitative estimate of drug-likeness (QED) is 0.709. The molecule has 0 radical (unpaired) electrons. The Morgan fingerprint density at radius 2 is 1.96 bits per heavy atom. The summed E-state index contributed by atoms with van der Waals surface area (Å²) in [5.74, 6) is -0.553. The number of nitrogens with zero attached hydrogens (tertiary/aromatic N) is 1. The van der Waals surface area contributed by atoms with E-state index in [1.54, 1.807) is 18.2 Å². The molecular weight excluding hydrogens is 375 g/mol. The first-order valence-corrected chi connectivity index (χ1v) is 7.85. The highest BCUT2D eigenvalue weighted by molar-refractivity contribution is 6.01. The number of aromatic nitrogens is 1. The molecular formula is C17H17FN4O6. The van der Waals surface area contributed by atoms with Crippen LogP contribution in [-0.2, 0) is 9.59 Å². The average molecular weight is 392 g/mol. The summed E-state index contributed by atoms with van der Waals surface area (Å²) in [7, 11) is 0. The van der Waals surface area contributed by atoms with Gasteiger partial charge in [-0.3, -0.25) is 20.2 Å². The molecule has 4 amide bonds. The lowest BCUT2D eigenvalue weighted by molar-refractivity contribution is -0.122. The summed E-state index contributed by atoms with van der Waals surface area (Å²) in [6, 6.07) is 6.41. The molecule has 2 aromatic rings. The van der Waals surface area contributed by atoms with E-state index in [2.05, 4.69) is 16.0 Å². The average Bonchev–Trinajstić information content (AvgIpc) is 3.09. The number of amides is 4. The minimum Gasteiger partial charge on any atom is -0.484 e. The molecule has 1 aromatic heterocycles. The van der Waals surface area contributed by atoms with E-state index in [9.17, 15) is 18.8 Å². The maximum atomic E-state index is 13.3. The predicted octanol–water partition coefficient (Wildman–Crippen LogP) is 1.17. The lowest BCUT2D eigenvalue weighted by Crippen LogP contribution is -2.37. The van der Waals surface area contributed by atoms with Crippen LogP contribution in [0.4, 0.5) is 15.0 Å². The van der Waals surface area contributed by atoms with Gasteiger partial charge in [0, 0.05) is 19.2 Å². The highest BCUT2D eigenvalue weighted by Crippen LogP contribution is 2.34. The van der Waals surface area contributed by atoms with Crippen LogP contribution >= 0.6 is 0 Å². The van der Waals surface area contributed by atoms with Crippen LogP contribution in [0, 0.1) is 5.82 Å². The first kappa shape index (κ1) is 20.4. The topological polar surface area (TPSA) is 142 Å². The number of hydrogen-bond acceptors (Lipinski definition) is 7. The zero-order valence-electron chi connectivity index (χ0n) is 14.7. The van der Waals surface area contributed by atoms with Gasteiger partial charge in [0.05, 0.1) is 0 Å². The molecule has 0 aliphatic carbocycles. The number of primary amides is 1. The molecule has 0 bridgehead atoms. The van der Waals surface area contributed by atoms with Crippen molar-refractivity contribution in [3.05, 3.63) is 42.3 Å². The molecule has 3 rings (SSSR count). The van der Waals surface area contributed by atoms with E-state index < -0.39 is 24.4 Å². The normalized spacial score (nSPS) is 10.9. The van der Waals surface area contributed by atoms with Crippen LogP contribution in [0.2, 0.25) is 0 Å². The van der Waals surface area contributed by atoms with Gasteiger partial charge in [-0.05, 0) is 24.3 Å². The monoisotopic (exact) mass is 392 g/mol. The number of benzene rings is 1. The molecule has 10 nitrogen and oxygen atoms in total. The Labute approximate surface area is 158 Å². The Bertz CT molecular complexity index is 872. The summed E-state index contributed by atoms with van der Waals surface area (Å²) < 4.78 is 28.9. The molecule has 0 saturated heterocycles. The van der Waals surface area contributed by atoms with Crippen LogP contribution < -0.4 is 30.6 Å². The van der Waals surface area contributed by atoms with E-state index in [0.717, 1.165) is 6.07 Å². The summed E-state index contributed by atoms with van der Waals surface area (Å²) in [6.07, 6.45) is 1.31. The molecule has 2 heterocycles. The van der Waals surface area contributed by atoms with E-state index in [0.29, 0.717) is 17.2 Å². The van der Waals surface area contributed by atoms with Gasteiger partial charge in [0.2, 0.25) is 12.7 Å². The molecule has 0 atom stereocenters. The van der Waals surface area contributed by atoms with E-state index >= 15 is 0 Å². The number of hydrogen-bond donors (Lipinski definition) is 3. The molecule has 1 aliphatic rings. The Morgan fingerprint density at radius 3 is 2.68 bits per heavy atom. The van der Waals surface area contributed by atoms with Gasteiger partial charge in [-0.15, -0.1) is 0 Å². The summed E-state index contributed by atoms with van der Waals surface area (Å²) >= 11 is 0. The number of carbonyl (C=O) groups excluding carboxylic acids is 3. The second-order valence-electron chi connectivity index (χ2n) is 5.25. The lowest BCUT2D eigenvalue weighted by Gasteiger charge is -2.08. The van der Waals surface area contributed by atoms with Gasteiger partial charge in [-0.1, -0.05) is 0 Å². The van der Waals surface area contributed by atoms with Crippen molar-refractivity contribution < 1.29 is 33.0 Å². The van der Waals surface area contributed by atoms with Gasteiger partial charge in [0.1, 0.15) is 5.75 Å². The van der Waals surface area contributed by atoms with Gasteiger partial charge in [0.25, 0.3) is 5.91 Å². The standard InChI is InChI=1S/C15H12FN3O5.C2H5NO/c16-10-2-1-5-17-14(10)19-15(21)18-13(20)7-22-9-3-4-11-12(6-9)24-8-23-11;1-2(3)4/h1-6H,7-8H2,(H2,17,18,19,20,21);1H3,(H2,3,4). The van der Waals surface area contributed by atoms with E-state index in [1.165, 1.54) is 19.2 Å². The number of halogens is 1. The molecule has 28 heavy (non-hydrogen) atoms. The molecule has 0 saturated carbocycles. The molecule has 148 valence electrons. The summed E-state index contributed by atoms with van der Waals surface area (Å²) in [5, 5.41) is 4.13. The van der Waals surface area contributed by atoms with E-state index in [4.69, 9.17) is 14.2 Å². The van der Waals surface area contributed by atoms with Crippen molar-refractivity contribution in [3.8, 4) is 17.2 Å². The summed E-state index contributed by atoms with van der Waals surface area (Å²) in [5.41, 5.74) is 4.47. The largest absolute Gasteiger partial charge is 0.484 e. The number of rotatable bonds is 4. The minimum atomic E-state index is -0.910. The van der Waals surface area contributed by atoms with Crippen molar-refractivity contribution in [1.82, 2.24) is 10.3 Å². The van der Waals surface area contributed by atoms with Gasteiger partial charge in [-0.2, -0.15) is 0 Å². The van der Waals surface area contributed by atoms with Crippen LogP contribution in [0.15, 0.2) is 36.5 Å². The molecule has 1 aromatic carbocycles. The van der Waals surface area contributed by atoms with Gasteiger partial charge in [0.15, 0.2) is 29.7 Å². The number of ether oxygens (including phenoxy) is 3. The second kappa shape index (κ2) is 9.71. The Kier molecular flexibility index (Phi) is 7.08. The molecule has 0 fully saturated rings. The number of nitrogens with two attached hydrogens (primary N) is 1. The van der Waals surface area contributed by atoms with Crippen LogP contribution in [0.1, 0.15) is 6.92 Å². The van der Waals surface area contributed by atoms with Crippen molar-refractivity contribution in [2.75, 3.05) is 18.7 Å². The molecule has 0 unspecified atom stereocenters. The SMILES string of the molecule is CC(N)=O.O=C(COc1ccc2c(c1)OCO2)NC(=O)Nc1ncccc1F.